The van der Waals surface area contributed by atoms with E-state index < -0.39 is 10.0 Å². The number of nitrogens with zero attached hydrogens (tertiary/aromatic N) is 2. The van der Waals surface area contributed by atoms with Crippen molar-refractivity contribution in [3.63, 3.8) is 0 Å². The molecule has 1 heterocycles. The van der Waals surface area contributed by atoms with E-state index in [0.717, 1.165) is 37.7 Å². The third-order valence-electron chi connectivity index (χ3n) is 5.85. The van der Waals surface area contributed by atoms with E-state index in [9.17, 15) is 13.2 Å². The van der Waals surface area contributed by atoms with E-state index in [4.69, 9.17) is 5.73 Å². The Morgan fingerprint density at radius 3 is 2.29 bits per heavy atom. The summed E-state index contributed by atoms with van der Waals surface area (Å²) in [7, 11) is -3.50. The third-order valence-corrected chi connectivity index (χ3v) is 7.76. The number of halogens is 1. The van der Waals surface area contributed by atoms with Crippen LogP contribution in [0.4, 0.5) is 0 Å². The van der Waals surface area contributed by atoms with E-state index in [0.29, 0.717) is 37.5 Å². The first-order valence-electron chi connectivity index (χ1n) is 10.0. The highest BCUT2D eigenvalue weighted by atomic mass is 35.5. The SMILES string of the molecule is CCCc1ccc(S(=O)(=O)N2CCN(C(=O)C[C@@H]3CCC[C@H]3N)CC2)cc1.Cl. The second-order valence-electron chi connectivity index (χ2n) is 7.74. The van der Waals surface area contributed by atoms with E-state index in [1.165, 1.54) is 4.31 Å². The van der Waals surface area contributed by atoms with Gasteiger partial charge in [0.15, 0.2) is 0 Å². The van der Waals surface area contributed by atoms with Crippen LogP contribution in [-0.2, 0) is 21.2 Å². The molecule has 1 aromatic carbocycles. The average Bonchev–Trinajstić information content (AvgIpc) is 3.07. The molecule has 0 bridgehead atoms. The number of sulfonamides is 1. The van der Waals surface area contributed by atoms with Gasteiger partial charge < -0.3 is 10.6 Å². The molecule has 1 saturated carbocycles. The molecule has 2 fully saturated rings. The van der Waals surface area contributed by atoms with Crippen LogP contribution >= 0.6 is 12.4 Å². The van der Waals surface area contributed by atoms with Gasteiger partial charge in [0.1, 0.15) is 0 Å². The molecule has 0 unspecified atom stereocenters. The van der Waals surface area contributed by atoms with E-state index in [2.05, 4.69) is 6.92 Å². The van der Waals surface area contributed by atoms with E-state index >= 15 is 0 Å². The molecule has 1 amide bonds. The number of piperazine rings is 1. The van der Waals surface area contributed by atoms with Crippen LogP contribution in [0.3, 0.4) is 0 Å². The molecule has 2 N–H and O–H groups in total. The van der Waals surface area contributed by atoms with Crippen molar-refractivity contribution in [3.05, 3.63) is 29.8 Å². The summed E-state index contributed by atoms with van der Waals surface area (Å²) in [6.45, 7) is 3.71. The molecular weight excluding hydrogens is 398 g/mol. The number of hydrogen-bond donors (Lipinski definition) is 1. The number of carbonyl (C=O) groups excluding carboxylic acids is 1. The summed E-state index contributed by atoms with van der Waals surface area (Å²) in [5.41, 5.74) is 7.22. The maximum atomic E-state index is 12.9. The molecule has 6 nitrogen and oxygen atoms in total. The lowest BCUT2D eigenvalue weighted by Gasteiger charge is -2.34. The largest absolute Gasteiger partial charge is 0.340 e. The molecule has 28 heavy (non-hydrogen) atoms. The van der Waals surface area contributed by atoms with Crippen molar-refractivity contribution in [1.82, 2.24) is 9.21 Å². The lowest BCUT2D eigenvalue weighted by molar-refractivity contribution is -0.133. The van der Waals surface area contributed by atoms with Gasteiger partial charge in [-0.15, -0.1) is 12.4 Å². The van der Waals surface area contributed by atoms with E-state index in [-0.39, 0.29) is 30.3 Å². The second-order valence-corrected chi connectivity index (χ2v) is 9.68. The zero-order valence-corrected chi connectivity index (χ0v) is 18.2. The first-order valence-corrected chi connectivity index (χ1v) is 11.5. The molecule has 3 rings (SSSR count). The number of nitrogens with two attached hydrogens (primary N) is 1. The molecular formula is C20H32ClN3O3S. The topological polar surface area (TPSA) is 83.7 Å². The zero-order chi connectivity index (χ0) is 19.4. The van der Waals surface area contributed by atoms with Crippen LogP contribution in [0.1, 0.15) is 44.6 Å². The van der Waals surface area contributed by atoms with Crippen LogP contribution in [0.15, 0.2) is 29.2 Å². The Labute approximate surface area is 174 Å². The fourth-order valence-corrected chi connectivity index (χ4v) is 5.54. The van der Waals surface area contributed by atoms with Crippen LogP contribution in [0.2, 0.25) is 0 Å². The van der Waals surface area contributed by atoms with Gasteiger partial charge in [0.25, 0.3) is 0 Å². The fraction of sp³-hybridized carbons (Fsp3) is 0.650. The van der Waals surface area contributed by atoms with Gasteiger partial charge in [-0.05, 0) is 42.9 Å². The van der Waals surface area contributed by atoms with Crippen LogP contribution in [0, 0.1) is 5.92 Å². The van der Waals surface area contributed by atoms with Crippen LogP contribution < -0.4 is 5.73 Å². The maximum absolute atomic E-state index is 12.9. The van der Waals surface area contributed by atoms with Gasteiger partial charge in [0.05, 0.1) is 4.90 Å². The van der Waals surface area contributed by atoms with Crippen molar-refractivity contribution < 1.29 is 13.2 Å². The number of aryl methyl sites for hydroxylation is 1. The van der Waals surface area contributed by atoms with Crippen molar-refractivity contribution in [3.8, 4) is 0 Å². The van der Waals surface area contributed by atoms with Gasteiger partial charge in [-0.1, -0.05) is 31.9 Å². The van der Waals surface area contributed by atoms with Crippen LogP contribution in [0.5, 0.6) is 0 Å². The predicted octanol–water partition coefficient (Wildman–Crippen LogP) is 2.41. The molecule has 0 spiro atoms. The summed E-state index contributed by atoms with van der Waals surface area (Å²) < 4.78 is 27.2. The summed E-state index contributed by atoms with van der Waals surface area (Å²) in [6.07, 6.45) is 5.60. The normalized spacial score (nSPS) is 23.4. The molecule has 2 atom stereocenters. The summed E-state index contributed by atoms with van der Waals surface area (Å²) in [4.78, 5) is 14.7. The van der Waals surface area contributed by atoms with E-state index in [1.54, 1.807) is 17.0 Å². The summed E-state index contributed by atoms with van der Waals surface area (Å²) in [5, 5.41) is 0. The first-order chi connectivity index (χ1) is 12.9. The van der Waals surface area contributed by atoms with Gasteiger partial charge in [-0.3, -0.25) is 4.79 Å². The Bertz CT molecular complexity index is 746. The standard InChI is InChI=1S/C20H31N3O3S.ClH/c1-2-4-16-7-9-18(10-8-16)27(25,26)23-13-11-22(12-14-23)20(24)15-17-5-3-6-19(17)21;/h7-10,17,19H,2-6,11-15,21H2,1H3;1H/t17-,19+;/m0./s1. The lowest BCUT2D eigenvalue weighted by Crippen LogP contribution is -2.51. The Morgan fingerprint density at radius 1 is 1.11 bits per heavy atom. The molecule has 1 aliphatic heterocycles. The average molecular weight is 430 g/mol. The van der Waals surface area contributed by atoms with Crippen molar-refractivity contribution in [2.75, 3.05) is 26.2 Å². The Morgan fingerprint density at radius 2 is 1.75 bits per heavy atom. The molecule has 1 aromatic rings. The van der Waals surface area contributed by atoms with Gasteiger partial charge in [0, 0.05) is 38.6 Å². The van der Waals surface area contributed by atoms with E-state index in [1.807, 2.05) is 12.1 Å². The summed E-state index contributed by atoms with van der Waals surface area (Å²) >= 11 is 0. The summed E-state index contributed by atoms with van der Waals surface area (Å²) in [5.74, 6) is 0.388. The third kappa shape index (κ3) is 5.26. The number of benzene rings is 1. The summed E-state index contributed by atoms with van der Waals surface area (Å²) in [6, 6.07) is 7.30. The minimum atomic E-state index is -3.50. The second kappa shape index (κ2) is 10.1. The first kappa shape index (κ1) is 23.1. The number of hydrogen-bond acceptors (Lipinski definition) is 4. The Kier molecular flexibility index (Phi) is 8.30. The van der Waals surface area contributed by atoms with Crippen LogP contribution in [-0.4, -0.2) is 55.8 Å². The molecule has 1 aliphatic carbocycles. The van der Waals surface area contributed by atoms with Crippen molar-refractivity contribution in [2.45, 2.75) is 56.4 Å². The van der Waals surface area contributed by atoms with Crippen molar-refractivity contribution in [2.24, 2.45) is 11.7 Å². The number of rotatable bonds is 6. The molecule has 0 aromatic heterocycles. The molecule has 158 valence electrons. The monoisotopic (exact) mass is 429 g/mol. The van der Waals surface area contributed by atoms with Gasteiger partial charge in [0.2, 0.25) is 15.9 Å². The zero-order valence-electron chi connectivity index (χ0n) is 16.5. The highest BCUT2D eigenvalue weighted by Gasteiger charge is 2.32. The smallest absolute Gasteiger partial charge is 0.243 e. The molecule has 8 heteroatoms. The van der Waals surface area contributed by atoms with Gasteiger partial charge >= 0.3 is 0 Å². The predicted molar refractivity (Wildman–Crippen MR) is 113 cm³/mol. The van der Waals surface area contributed by atoms with Gasteiger partial charge in [-0.2, -0.15) is 4.31 Å². The molecule has 2 aliphatic rings. The lowest BCUT2D eigenvalue weighted by atomic mass is 9.99. The Balaban J connectivity index is 0.00000280. The van der Waals surface area contributed by atoms with Gasteiger partial charge in [-0.25, -0.2) is 8.42 Å². The number of carbonyl (C=O) groups is 1. The number of amides is 1. The highest BCUT2D eigenvalue weighted by molar-refractivity contribution is 7.89. The minimum Gasteiger partial charge on any atom is -0.340 e. The van der Waals surface area contributed by atoms with Crippen molar-refractivity contribution in [1.29, 1.82) is 0 Å². The molecule has 0 radical (unpaired) electrons. The fourth-order valence-electron chi connectivity index (χ4n) is 4.12. The quantitative estimate of drug-likeness (QED) is 0.752. The van der Waals surface area contributed by atoms with Crippen molar-refractivity contribution >= 4 is 28.3 Å². The van der Waals surface area contributed by atoms with Crippen LogP contribution in [0.25, 0.3) is 0 Å². The Hall–Kier alpha value is -1.15. The molecule has 1 saturated heterocycles. The minimum absolute atomic E-state index is 0. The maximum Gasteiger partial charge on any atom is 0.243 e. The highest BCUT2D eigenvalue weighted by Crippen LogP contribution is 2.28.